The second-order valence-electron chi connectivity index (χ2n) is 4.20. The molecule has 0 aromatic carbocycles. The Morgan fingerprint density at radius 2 is 1.69 bits per heavy atom. The monoisotopic (exact) mass is 189 g/mol. The summed E-state index contributed by atoms with van der Waals surface area (Å²) < 4.78 is 0. The standard InChI is InChI=1S/C10H23NO2/c1-5-8(2)9(3)11-10(4,6-12)7-13/h8-9,11-13H,5-7H2,1-4H3. The number of hydrogen-bond acceptors (Lipinski definition) is 3. The highest BCUT2D eigenvalue weighted by molar-refractivity contribution is 4.85. The first-order valence-electron chi connectivity index (χ1n) is 4.98. The van der Waals surface area contributed by atoms with Crippen LogP contribution in [0.2, 0.25) is 0 Å². The lowest BCUT2D eigenvalue weighted by atomic mass is 9.96. The Balaban J connectivity index is 4.08. The third-order valence-corrected chi connectivity index (χ3v) is 2.77. The van der Waals surface area contributed by atoms with E-state index in [4.69, 9.17) is 10.2 Å². The molecule has 0 aliphatic heterocycles. The topological polar surface area (TPSA) is 52.5 Å². The molecular weight excluding hydrogens is 166 g/mol. The molecule has 0 amide bonds. The minimum Gasteiger partial charge on any atom is -0.394 e. The molecule has 80 valence electrons. The van der Waals surface area contributed by atoms with Crippen LogP contribution >= 0.6 is 0 Å². The highest BCUT2D eigenvalue weighted by Crippen LogP contribution is 2.11. The van der Waals surface area contributed by atoms with Crippen LogP contribution in [0.1, 0.15) is 34.1 Å². The van der Waals surface area contributed by atoms with E-state index in [1.54, 1.807) is 0 Å². The van der Waals surface area contributed by atoms with Crippen molar-refractivity contribution in [2.75, 3.05) is 13.2 Å². The van der Waals surface area contributed by atoms with Gasteiger partial charge in [-0.25, -0.2) is 0 Å². The summed E-state index contributed by atoms with van der Waals surface area (Å²) >= 11 is 0. The molecule has 2 atom stereocenters. The fraction of sp³-hybridized carbons (Fsp3) is 1.00. The zero-order chi connectivity index (χ0) is 10.5. The minimum absolute atomic E-state index is 0.0374. The molecule has 0 saturated carbocycles. The summed E-state index contributed by atoms with van der Waals surface area (Å²) in [5.74, 6) is 0.553. The summed E-state index contributed by atoms with van der Waals surface area (Å²) in [7, 11) is 0. The molecule has 0 radical (unpaired) electrons. The third-order valence-electron chi connectivity index (χ3n) is 2.77. The van der Waals surface area contributed by atoms with Crippen LogP contribution in [0.25, 0.3) is 0 Å². The lowest BCUT2D eigenvalue weighted by Gasteiger charge is -2.32. The van der Waals surface area contributed by atoms with E-state index in [0.717, 1.165) is 6.42 Å². The Bertz CT molecular complexity index is 135. The number of rotatable bonds is 6. The Kier molecular flexibility index (Phi) is 5.53. The normalized spacial score (nSPS) is 17.1. The van der Waals surface area contributed by atoms with Gasteiger partial charge in [0.2, 0.25) is 0 Å². The first-order chi connectivity index (χ1) is 5.99. The van der Waals surface area contributed by atoms with Gasteiger partial charge in [0.25, 0.3) is 0 Å². The third kappa shape index (κ3) is 4.07. The van der Waals surface area contributed by atoms with E-state index < -0.39 is 5.54 Å². The molecule has 3 heteroatoms. The van der Waals surface area contributed by atoms with Gasteiger partial charge in [-0.05, 0) is 19.8 Å². The molecule has 0 heterocycles. The van der Waals surface area contributed by atoms with Crippen molar-refractivity contribution in [1.82, 2.24) is 5.32 Å². The number of aliphatic hydroxyl groups is 2. The van der Waals surface area contributed by atoms with Crippen LogP contribution in [-0.2, 0) is 0 Å². The Morgan fingerprint density at radius 1 is 1.23 bits per heavy atom. The molecule has 2 unspecified atom stereocenters. The summed E-state index contributed by atoms with van der Waals surface area (Å²) in [5, 5.41) is 21.4. The Morgan fingerprint density at radius 3 is 2.00 bits per heavy atom. The van der Waals surface area contributed by atoms with Gasteiger partial charge >= 0.3 is 0 Å². The van der Waals surface area contributed by atoms with Crippen molar-refractivity contribution in [3.63, 3.8) is 0 Å². The van der Waals surface area contributed by atoms with Gasteiger partial charge in [0.15, 0.2) is 0 Å². The molecule has 0 fully saturated rings. The van der Waals surface area contributed by atoms with Crippen LogP contribution in [0.5, 0.6) is 0 Å². The summed E-state index contributed by atoms with van der Waals surface area (Å²) in [6.45, 7) is 8.13. The molecule has 0 saturated heterocycles. The lowest BCUT2D eigenvalue weighted by molar-refractivity contribution is 0.0887. The molecular formula is C10H23NO2. The Hall–Kier alpha value is -0.120. The van der Waals surface area contributed by atoms with Gasteiger partial charge in [-0.2, -0.15) is 0 Å². The van der Waals surface area contributed by atoms with Gasteiger partial charge in [0.05, 0.1) is 18.8 Å². The molecule has 0 rings (SSSR count). The van der Waals surface area contributed by atoms with Crippen LogP contribution in [0.3, 0.4) is 0 Å². The van der Waals surface area contributed by atoms with Gasteiger partial charge in [0.1, 0.15) is 0 Å². The van der Waals surface area contributed by atoms with Gasteiger partial charge in [0, 0.05) is 6.04 Å². The van der Waals surface area contributed by atoms with Crippen LogP contribution in [0.4, 0.5) is 0 Å². The average molecular weight is 189 g/mol. The van der Waals surface area contributed by atoms with Crippen LogP contribution in [0.15, 0.2) is 0 Å². The molecule has 0 spiro atoms. The zero-order valence-corrected chi connectivity index (χ0v) is 9.17. The van der Waals surface area contributed by atoms with Gasteiger partial charge in [-0.1, -0.05) is 20.3 Å². The van der Waals surface area contributed by atoms with Crippen molar-refractivity contribution in [1.29, 1.82) is 0 Å². The maximum atomic E-state index is 9.07. The van der Waals surface area contributed by atoms with Crippen molar-refractivity contribution >= 4 is 0 Å². The quantitative estimate of drug-likeness (QED) is 0.578. The van der Waals surface area contributed by atoms with Gasteiger partial charge in [-0.15, -0.1) is 0 Å². The first-order valence-corrected chi connectivity index (χ1v) is 4.98. The molecule has 3 nitrogen and oxygen atoms in total. The van der Waals surface area contributed by atoms with Crippen LogP contribution in [0, 0.1) is 5.92 Å². The SMILES string of the molecule is CCC(C)C(C)NC(C)(CO)CO. The molecule has 0 aromatic heterocycles. The van der Waals surface area contributed by atoms with Crippen molar-refractivity contribution in [3.8, 4) is 0 Å². The second kappa shape index (κ2) is 5.58. The molecule has 0 bridgehead atoms. The van der Waals surface area contributed by atoms with Gasteiger partial charge in [-0.3, -0.25) is 0 Å². The Labute approximate surface area is 81.2 Å². The van der Waals surface area contributed by atoms with E-state index in [-0.39, 0.29) is 13.2 Å². The largest absolute Gasteiger partial charge is 0.394 e. The van der Waals surface area contributed by atoms with E-state index in [9.17, 15) is 0 Å². The summed E-state index contributed by atoms with van der Waals surface area (Å²) in [4.78, 5) is 0. The zero-order valence-electron chi connectivity index (χ0n) is 9.17. The molecule has 3 N–H and O–H groups in total. The maximum absolute atomic E-state index is 9.07. The van der Waals surface area contributed by atoms with Crippen molar-refractivity contribution < 1.29 is 10.2 Å². The smallest absolute Gasteiger partial charge is 0.0633 e. The second-order valence-corrected chi connectivity index (χ2v) is 4.20. The summed E-state index contributed by atoms with van der Waals surface area (Å²) in [6, 6.07) is 0.314. The average Bonchev–Trinajstić information content (AvgIpc) is 2.16. The maximum Gasteiger partial charge on any atom is 0.0633 e. The molecule has 13 heavy (non-hydrogen) atoms. The predicted octanol–water partition coefficient (Wildman–Crippen LogP) is 0.754. The van der Waals surface area contributed by atoms with Crippen molar-refractivity contribution in [2.45, 2.75) is 45.7 Å². The molecule has 0 aliphatic carbocycles. The first kappa shape index (κ1) is 12.9. The summed E-state index contributed by atoms with van der Waals surface area (Å²) in [5.41, 5.74) is -0.553. The molecule has 0 aliphatic rings. The van der Waals surface area contributed by atoms with Crippen molar-refractivity contribution in [3.05, 3.63) is 0 Å². The predicted molar refractivity (Wildman–Crippen MR) is 54.6 cm³/mol. The fourth-order valence-electron chi connectivity index (χ4n) is 1.19. The van der Waals surface area contributed by atoms with Gasteiger partial charge < -0.3 is 15.5 Å². The van der Waals surface area contributed by atoms with E-state index in [0.29, 0.717) is 12.0 Å². The summed E-state index contributed by atoms with van der Waals surface area (Å²) in [6.07, 6.45) is 1.10. The number of aliphatic hydroxyl groups excluding tert-OH is 2. The minimum atomic E-state index is -0.553. The highest BCUT2D eigenvalue weighted by atomic mass is 16.3. The number of nitrogens with one attached hydrogen (secondary N) is 1. The number of hydrogen-bond donors (Lipinski definition) is 3. The van der Waals surface area contributed by atoms with E-state index in [2.05, 4.69) is 26.1 Å². The lowest BCUT2D eigenvalue weighted by Crippen LogP contribution is -2.54. The van der Waals surface area contributed by atoms with Crippen LogP contribution < -0.4 is 5.32 Å². The van der Waals surface area contributed by atoms with E-state index in [1.165, 1.54) is 0 Å². The molecule has 0 aromatic rings. The van der Waals surface area contributed by atoms with E-state index >= 15 is 0 Å². The van der Waals surface area contributed by atoms with Crippen LogP contribution in [-0.4, -0.2) is 35.0 Å². The van der Waals surface area contributed by atoms with E-state index in [1.807, 2.05) is 6.92 Å². The van der Waals surface area contributed by atoms with Crippen molar-refractivity contribution in [2.24, 2.45) is 5.92 Å². The fourth-order valence-corrected chi connectivity index (χ4v) is 1.19. The highest BCUT2D eigenvalue weighted by Gasteiger charge is 2.25.